The Labute approximate surface area is 120 Å². The van der Waals surface area contributed by atoms with Crippen LogP contribution in [-0.2, 0) is 4.79 Å². The van der Waals surface area contributed by atoms with Crippen LogP contribution >= 0.6 is 0 Å². The summed E-state index contributed by atoms with van der Waals surface area (Å²) in [6, 6.07) is 5.04. The largest absolute Gasteiger partial charge is 0.478 e. The van der Waals surface area contributed by atoms with Gasteiger partial charge in [0.25, 0.3) is 5.91 Å². The molecule has 2 aromatic rings. The third-order valence-electron chi connectivity index (χ3n) is 2.77. The molecule has 0 bridgehead atoms. The quantitative estimate of drug-likeness (QED) is 0.833. The fraction of sp³-hybridized carbons (Fsp3) is 0.143. The van der Waals surface area contributed by atoms with Gasteiger partial charge in [-0.1, -0.05) is 17.3 Å². The Kier molecular flexibility index (Phi) is 4.13. The average molecular weight is 287 g/mol. The van der Waals surface area contributed by atoms with Crippen LogP contribution in [0.3, 0.4) is 0 Å². The predicted molar refractivity (Wildman–Crippen MR) is 74.8 cm³/mol. The molecule has 1 aromatic carbocycles. The monoisotopic (exact) mass is 287 g/mol. The van der Waals surface area contributed by atoms with Crippen LogP contribution < -0.4 is 5.32 Å². The number of nitrogens with one attached hydrogen (secondary N) is 1. The van der Waals surface area contributed by atoms with Gasteiger partial charge in [-0.15, -0.1) is 0 Å². The van der Waals surface area contributed by atoms with Crippen LogP contribution in [0.2, 0.25) is 0 Å². The molecule has 21 heavy (non-hydrogen) atoms. The molecule has 0 radical (unpaired) electrons. The summed E-state index contributed by atoms with van der Waals surface area (Å²) in [5.41, 5.74) is 1.70. The van der Waals surface area contributed by atoms with E-state index in [1.165, 1.54) is 6.08 Å². The lowest BCUT2D eigenvalue weighted by molar-refractivity contribution is -0.131. The number of carboxylic acid groups (broad SMARTS) is 1. The normalized spacial score (nSPS) is 10.8. The van der Waals surface area contributed by atoms with Crippen LogP contribution in [0.15, 0.2) is 28.8 Å². The van der Waals surface area contributed by atoms with Gasteiger partial charge in [0.1, 0.15) is 0 Å². The van der Waals surface area contributed by atoms with E-state index in [4.69, 9.17) is 9.63 Å². The van der Waals surface area contributed by atoms with Crippen molar-refractivity contribution in [2.75, 3.05) is 5.32 Å². The van der Waals surface area contributed by atoms with Crippen molar-refractivity contribution in [2.45, 2.75) is 13.8 Å². The number of carbonyl (C=O) groups excluding carboxylic acids is 1. The van der Waals surface area contributed by atoms with Gasteiger partial charge in [0, 0.05) is 11.6 Å². The highest BCUT2D eigenvalue weighted by molar-refractivity contribution is 6.04. The van der Waals surface area contributed by atoms with Gasteiger partial charge in [0.05, 0.1) is 0 Å². The van der Waals surface area contributed by atoms with Gasteiger partial charge in [-0.05, 0) is 37.1 Å². The Morgan fingerprint density at radius 1 is 1.33 bits per heavy atom. The van der Waals surface area contributed by atoms with Crippen molar-refractivity contribution in [1.82, 2.24) is 10.1 Å². The van der Waals surface area contributed by atoms with Crippen LogP contribution in [0.4, 0.5) is 6.01 Å². The number of anilines is 1. The lowest BCUT2D eigenvalue weighted by Gasteiger charge is -2.07. The fourth-order valence-corrected chi connectivity index (χ4v) is 1.75. The van der Waals surface area contributed by atoms with Crippen molar-refractivity contribution in [3.8, 4) is 0 Å². The second kappa shape index (κ2) is 6.00. The summed E-state index contributed by atoms with van der Waals surface area (Å²) in [5, 5.41) is 14.7. The molecule has 0 aliphatic carbocycles. The number of aliphatic carboxylic acids is 1. The first-order valence-electron chi connectivity index (χ1n) is 6.09. The second-order valence-electron chi connectivity index (χ2n) is 4.29. The summed E-state index contributed by atoms with van der Waals surface area (Å²) >= 11 is 0. The zero-order valence-corrected chi connectivity index (χ0v) is 11.5. The molecule has 1 amide bonds. The number of hydrogen-bond donors (Lipinski definition) is 2. The minimum atomic E-state index is -1.05. The zero-order valence-electron chi connectivity index (χ0n) is 11.5. The van der Waals surface area contributed by atoms with Crippen molar-refractivity contribution < 1.29 is 19.2 Å². The molecule has 108 valence electrons. The van der Waals surface area contributed by atoms with E-state index >= 15 is 0 Å². The van der Waals surface area contributed by atoms with E-state index in [9.17, 15) is 9.59 Å². The van der Waals surface area contributed by atoms with Gasteiger partial charge in [0.15, 0.2) is 5.82 Å². The molecule has 2 rings (SSSR count). The highest BCUT2D eigenvalue weighted by atomic mass is 16.5. The fourth-order valence-electron chi connectivity index (χ4n) is 1.75. The summed E-state index contributed by atoms with van der Waals surface area (Å²) in [6.07, 6.45) is 2.46. The van der Waals surface area contributed by atoms with Gasteiger partial charge in [-0.2, -0.15) is 4.98 Å². The number of carboxylic acids is 1. The minimum absolute atomic E-state index is 0.0170. The lowest BCUT2D eigenvalue weighted by atomic mass is 10.0. The molecule has 0 atom stereocenters. The molecule has 7 nitrogen and oxygen atoms in total. The summed E-state index contributed by atoms with van der Waals surface area (Å²) in [6.45, 7) is 3.37. The number of aromatic nitrogens is 2. The number of amides is 1. The predicted octanol–water partition coefficient (Wildman–Crippen LogP) is 2.04. The van der Waals surface area contributed by atoms with Crippen molar-refractivity contribution in [1.29, 1.82) is 0 Å². The Balaban J connectivity index is 2.25. The molecule has 0 saturated carbocycles. The Hall–Kier alpha value is -2.96. The summed E-state index contributed by atoms with van der Waals surface area (Å²) < 4.78 is 4.82. The molecule has 0 spiro atoms. The van der Waals surface area contributed by atoms with E-state index < -0.39 is 11.9 Å². The number of nitrogens with zero attached hydrogens (tertiary/aromatic N) is 2. The molecule has 0 aliphatic heterocycles. The number of rotatable bonds is 4. The van der Waals surface area contributed by atoms with Crippen molar-refractivity contribution in [3.05, 3.63) is 46.8 Å². The Bertz CT molecular complexity index is 719. The first-order valence-corrected chi connectivity index (χ1v) is 6.09. The maximum Gasteiger partial charge on any atom is 0.328 e. The van der Waals surface area contributed by atoms with E-state index in [1.54, 1.807) is 32.0 Å². The van der Waals surface area contributed by atoms with Crippen LogP contribution in [0.1, 0.15) is 27.3 Å². The first kappa shape index (κ1) is 14.4. The Morgan fingerprint density at radius 3 is 2.71 bits per heavy atom. The molecule has 2 N–H and O–H groups in total. The van der Waals surface area contributed by atoms with Gasteiger partial charge in [0.2, 0.25) is 0 Å². The highest BCUT2D eigenvalue weighted by Gasteiger charge is 2.13. The maximum atomic E-state index is 12.2. The van der Waals surface area contributed by atoms with E-state index in [2.05, 4.69) is 15.5 Å². The first-order chi connectivity index (χ1) is 9.97. The average Bonchev–Trinajstić information content (AvgIpc) is 2.82. The molecule has 0 fully saturated rings. The number of aryl methyl sites for hydroxylation is 1. The van der Waals surface area contributed by atoms with Gasteiger partial charge < -0.3 is 9.63 Å². The molecular weight excluding hydrogens is 274 g/mol. The smallest absolute Gasteiger partial charge is 0.328 e. The number of carbonyl (C=O) groups is 2. The summed E-state index contributed by atoms with van der Waals surface area (Å²) in [4.78, 5) is 26.6. The topological polar surface area (TPSA) is 105 Å². The lowest BCUT2D eigenvalue weighted by Crippen LogP contribution is -2.14. The van der Waals surface area contributed by atoms with Crippen molar-refractivity contribution in [2.24, 2.45) is 0 Å². The molecule has 1 heterocycles. The molecule has 7 heteroatoms. The van der Waals surface area contributed by atoms with E-state index in [0.29, 0.717) is 22.5 Å². The van der Waals surface area contributed by atoms with Crippen LogP contribution in [0.5, 0.6) is 0 Å². The van der Waals surface area contributed by atoms with Crippen LogP contribution in [0, 0.1) is 13.8 Å². The third kappa shape index (κ3) is 3.53. The second-order valence-corrected chi connectivity index (χ2v) is 4.29. The van der Waals surface area contributed by atoms with E-state index in [-0.39, 0.29) is 6.01 Å². The van der Waals surface area contributed by atoms with E-state index in [1.807, 2.05) is 0 Å². The van der Waals surface area contributed by atoms with Gasteiger partial charge in [-0.3, -0.25) is 10.1 Å². The van der Waals surface area contributed by atoms with Crippen LogP contribution in [0.25, 0.3) is 6.08 Å². The third-order valence-corrected chi connectivity index (χ3v) is 2.77. The molecule has 1 aromatic heterocycles. The molecule has 0 aliphatic rings. The summed E-state index contributed by atoms with van der Waals surface area (Å²) in [7, 11) is 0. The van der Waals surface area contributed by atoms with Gasteiger partial charge in [-0.25, -0.2) is 4.79 Å². The van der Waals surface area contributed by atoms with Crippen molar-refractivity contribution in [3.63, 3.8) is 0 Å². The van der Waals surface area contributed by atoms with Crippen molar-refractivity contribution >= 4 is 24.0 Å². The molecular formula is C14H13N3O4. The SMILES string of the molecule is Cc1noc(NC(=O)c2cccc(/C=C/C(=O)O)c2C)n1. The maximum absolute atomic E-state index is 12.2. The number of hydrogen-bond acceptors (Lipinski definition) is 5. The van der Waals surface area contributed by atoms with Gasteiger partial charge >= 0.3 is 12.0 Å². The zero-order chi connectivity index (χ0) is 15.4. The highest BCUT2D eigenvalue weighted by Crippen LogP contribution is 2.17. The summed E-state index contributed by atoms with van der Waals surface area (Å²) in [5.74, 6) is -1.03. The Morgan fingerprint density at radius 2 is 2.10 bits per heavy atom. The standard InChI is InChI=1S/C14H13N3O4/c1-8-10(6-7-12(18)19)4-3-5-11(8)13(20)16-14-15-9(2)17-21-14/h3-7H,1-2H3,(H,18,19)(H,15,16,17,20)/b7-6+. The minimum Gasteiger partial charge on any atom is -0.478 e. The van der Waals surface area contributed by atoms with E-state index in [0.717, 1.165) is 6.08 Å². The molecule has 0 unspecified atom stereocenters. The van der Waals surface area contributed by atoms with Crippen LogP contribution in [-0.4, -0.2) is 27.1 Å². The molecule has 0 saturated heterocycles. The number of benzene rings is 1.